The van der Waals surface area contributed by atoms with E-state index >= 15 is 0 Å². The molecule has 1 aromatic rings. The van der Waals surface area contributed by atoms with Crippen LogP contribution in [0.3, 0.4) is 0 Å². The molecule has 0 saturated heterocycles. The van der Waals surface area contributed by atoms with Gasteiger partial charge in [-0.05, 0) is 26.0 Å². The van der Waals surface area contributed by atoms with Crippen LogP contribution in [0.15, 0.2) is 24.3 Å². The fourth-order valence-electron chi connectivity index (χ4n) is 1.01. The minimum absolute atomic E-state index is 0.380. The lowest BCUT2D eigenvalue weighted by atomic mass is 10.1. The summed E-state index contributed by atoms with van der Waals surface area (Å²) in [5.74, 6) is -0.713. The SMILES string of the molecule is CC(C)(Oc1cccc(N)c1)C(=O)OF. The van der Waals surface area contributed by atoms with Gasteiger partial charge >= 0.3 is 5.97 Å². The zero-order valence-electron chi connectivity index (χ0n) is 8.49. The monoisotopic (exact) mass is 213 g/mol. The molecule has 0 saturated carbocycles. The van der Waals surface area contributed by atoms with Gasteiger partial charge in [0, 0.05) is 16.3 Å². The number of nitrogen functional groups attached to an aromatic ring is 1. The maximum absolute atomic E-state index is 11.7. The Balaban J connectivity index is 2.81. The van der Waals surface area contributed by atoms with Crippen molar-refractivity contribution < 1.29 is 19.0 Å². The van der Waals surface area contributed by atoms with E-state index < -0.39 is 11.6 Å². The number of carbonyl (C=O) groups is 1. The Labute approximate surface area is 86.7 Å². The highest BCUT2D eigenvalue weighted by molar-refractivity contribution is 5.78. The molecule has 2 N–H and O–H groups in total. The molecule has 5 heteroatoms. The summed E-state index contributed by atoms with van der Waals surface area (Å²) >= 11 is 0. The standard InChI is InChI=1S/C10H12FNO3/c1-10(2,9(13)15-11)14-8-5-3-4-7(12)6-8/h3-6H,12H2,1-2H3. The van der Waals surface area contributed by atoms with E-state index in [2.05, 4.69) is 4.94 Å². The first kappa shape index (κ1) is 11.3. The lowest BCUT2D eigenvalue weighted by Crippen LogP contribution is -2.38. The van der Waals surface area contributed by atoms with Crippen LogP contribution in [0, 0.1) is 0 Å². The van der Waals surface area contributed by atoms with E-state index in [0.717, 1.165) is 0 Å². The molecule has 1 aromatic carbocycles. The van der Waals surface area contributed by atoms with Crippen LogP contribution in [-0.2, 0) is 9.74 Å². The lowest BCUT2D eigenvalue weighted by molar-refractivity contribution is -0.199. The largest absolute Gasteiger partial charge is 0.476 e. The quantitative estimate of drug-likeness (QED) is 0.778. The van der Waals surface area contributed by atoms with Gasteiger partial charge in [0.1, 0.15) is 5.75 Å². The van der Waals surface area contributed by atoms with Crippen molar-refractivity contribution in [2.24, 2.45) is 0 Å². The molecule has 0 spiro atoms. The molecule has 0 amide bonds. The van der Waals surface area contributed by atoms with E-state index in [1.54, 1.807) is 18.2 Å². The van der Waals surface area contributed by atoms with E-state index in [4.69, 9.17) is 10.5 Å². The summed E-state index contributed by atoms with van der Waals surface area (Å²) in [4.78, 5) is 14.1. The predicted octanol–water partition coefficient (Wildman–Crippen LogP) is 1.85. The third-order valence-electron chi connectivity index (χ3n) is 1.79. The summed E-state index contributed by atoms with van der Waals surface area (Å²) in [5.41, 5.74) is 4.63. The second kappa shape index (κ2) is 4.16. The molecule has 82 valence electrons. The summed E-state index contributed by atoms with van der Waals surface area (Å²) in [6.07, 6.45) is 0. The maximum Gasteiger partial charge on any atom is 0.391 e. The normalized spacial score (nSPS) is 10.9. The van der Waals surface area contributed by atoms with Gasteiger partial charge in [-0.1, -0.05) is 6.07 Å². The molecule has 0 heterocycles. The van der Waals surface area contributed by atoms with Crippen LogP contribution in [0.1, 0.15) is 13.8 Å². The Morgan fingerprint density at radius 2 is 2.13 bits per heavy atom. The molecule has 0 aliphatic carbocycles. The number of carbonyl (C=O) groups excluding carboxylic acids is 1. The van der Waals surface area contributed by atoms with Gasteiger partial charge in [-0.25, -0.2) is 4.79 Å². The smallest absolute Gasteiger partial charge is 0.391 e. The Kier molecular flexibility index (Phi) is 3.14. The van der Waals surface area contributed by atoms with E-state index in [0.29, 0.717) is 11.4 Å². The minimum Gasteiger partial charge on any atom is -0.476 e. The number of nitrogens with two attached hydrogens (primary N) is 1. The molecule has 0 aliphatic heterocycles. The van der Waals surface area contributed by atoms with Crippen molar-refractivity contribution in [1.29, 1.82) is 0 Å². The van der Waals surface area contributed by atoms with Gasteiger partial charge in [0.25, 0.3) is 0 Å². The zero-order chi connectivity index (χ0) is 11.5. The molecular formula is C10H12FNO3. The first-order valence-electron chi connectivity index (χ1n) is 4.33. The van der Waals surface area contributed by atoms with Crippen LogP contribution in [0.2, 0.25) is 0 Å². The van der Waals surface area contributed by atoms with Crippen LogP contribution in [-0.4, -0.2) is 11.6 Å². The van der Waals surface area contributed by atoms with E-state index in [-0.39, 0.29) is 0 Å². The molecule has 0 fully saturated rings. The molecule has 0 unspecified atom stereocenters. The summed E-state index contributed by atoms with van der Waals surface area (Å²) in [6.45, 7) is 2.80. The summed E-state index contributed by atoms with van der Waals surface area (Å²) in [5, 5.41) is 0. The number of rotatable bonds is 3. The van der Waals surface area contributed by atoms with Crippen LogP contribution in [0.5, 0.6) is 5.75 Å². The van der Waals surface area contributed by atoms with Gasteiger partial charge in [-0.2, -0.15) is 0 Å². The maximum atomic E-state index is 11.7. The van der Waals surface area contributed by atoms with E-state index in [1.165, 1.54) is 19.9 Å². The number of benzene rings is 1. The first-order valence-corrected chi connectivity index (χ1v) is 4.33. The van der Waals surface area contributed by atoms with Crippen molar-refractivity contribution in [2.75, 3.05) is 5.73 Å². The van der Waals surface area contributed by atoms with Crippen LogP contribution < -0.4 is 10.5 Å². The fourth-order valence-corrected chi connectivity index (χ4v) is 1.01. The molecule has 0 aromatic heterocycles. The van der Waals surface area contributed by atoms with E-state index in [1.807, 2.05) is 0 Å². The van der Waals surface area contributed by atoms with Gasteiger partial charge in [0.2, 0.25) is 5.60 Å². The number of hydrogen-bond acceptors (Lipinski definition) is 4. The molecule has 0 aliphatic rings. The average Bonchev–Trinajstić information content (AvgIpc) is 2.15. The molecule has 0 bridgehead atoms. The number of anilines is 1. The van der Waals surface area contributed by atoms with Crippen molar-refractivity contribution in [3.63, 3.8) is 0 Å². The molecule has 0 atom stereocenters. The highest BCUT2D eigenvalue weighted by Crippen LogP contribution is 2.21. The first-order chi connectivity index (χ1) is 6.95. The van der Waals surface area contributed by atoms with Crippen molar-refractivity contribution in [1.82, 2.24) is 0 Å². The molecular weight excluding hydrogens is 201 g/mol. The van der Waals surface area contributed by atoms with Gasteiger partial charge < -0.3 is 10.5 Å². The Hall–Kier alpha value is -1.78. The highest BCUT2D eigenvalue weighted by atomic mass is 19.3. The Bertz CT molecular complexity index is 365. The van der Waals surface area contributed by atoms with Gasteiger partial charge in [0.15, 0.2) is 0 Å². The third-order valence-corrected chi connectivity index (χ3v) is 1.79. The molecule has 4 nitrogen and oxygen atoms in total. The van der Waals surface area contributed by atoms with Crippen LogP contribution in [0.4, 0.5) is 10.2 Å². The Morgan fingerprint density at radius 3 is 2.67 bits per heavy atom. The lowest BCUT2D eigenvalue weighted by Gasteiger charge is -2.21. The summed E-state index contributed by atoms with van der Waals surface area (Å²) in [7, 11) is 0. The topological polar surface area (TPSA) is 61.5 Å². The van der Waals surface area contributed by atoms with Gasteiger partial charge in [0.05, 0.1) is 0 Å². The van der Waals surface area contributed by atoms with Gasteiger partial charge in [-0.15, -0.1) is 0 Å². The fraction of sp³-hybridized carbons (Fsp3) is 0.300. The number of ether oxygens (including phenoxy) is 1. The van der Waals surface area contributed by atoms with Crippen LogP contribution in [0.25, 0.3) is 0 Å². The van der Waals surface area contributed by atoms with Crippen molar-refractivity contribution in [2.45, 2.75) is 19.4 Å². The average molecular weight is 213 g/mol. The minimum atomic E-state index is -1.39. The van der Waals surface area contributed by atoms with Gasteiger partial charge in [-0.3, -0.25) is 4.94 Å². The van der Waals surface area contributed by atoms with E-state index in [9.17, 15) is 9.32 Å². The highest BCUT2D eigenvalue weighted by Gasteiger charge is 2.33. The second-order valence-electron chi connectivity index (χ2n) is 3.55. The summed E-state index contributed by atoms with van der Waals surface area (Å²) < 4.78 is 17.0. The Morgan fingerprint density at radius 1 is 1.47 bits per heavy atom. The molecule has 1 rings (SSSR count). The second-order valence-corrected chi connectivity index (χ2v) is 3.55. The number of hydrogen-bond donors (Lipinski definition) is 1. The third kappa shape index (κ3) is 2.83. The zero-order valence-corrected chi connectivity index (χ0v) is 8.49. The predicted molar refractivity (Wildman–Crippen MR) is 52.8 cm³/mol. The summed E-state index contributed by atoms with van der Waals surface area (Å²) in [6, 6.07) is 6.49. The molecule has 15 heavy (non-hydrogen) atoms. The number of halogens is 1. The van der Waals surface area contributed by atoms with Crippen molar-refractivity contribution in [3.8, 4) is 5.75 Å². The van der Waals surface area contributed by atoms with Crippen molar-refractivity contribution in [3.05, 3.63) is 24.3 Å². The van der Waals surface area contributed by atoms with Crippen LogP contribution >= 0.6 is 0 Å². The molecule has 0 radical (unpaired) electrons. The van der Waals surface area contributed by atoms with Crippen molar-refractivity contribution >= 4 is 11.7 Å².